The van der Waals surface area contributed by atoms with Gasteiger partial charge in [0.25, 0.3) is 5.56 Å². The molecule has 5 heteroatoms. The molecular formula is C20H18N4O. The Morgan fingerprint density at radius 3 is 2.44 bits per heavy atom. The zero-order chi connectivity index (χ0) is 17.2. The molecule has 5 nitrogen and oxygen atoms in total. The Kier molecular flexibility index (Phi) is 3.90. The molecule has 4 rings (SSSR count). The topological polar surface area (TPSA) is 63.6 Å². The first kappa shape index (κ1) is 15.3. The Morgan fingerprint density at radius 2 is 1.72 bits per heavy atom. The lowest BCUT2D eigenvalue weighted by Gasteiger charge is -2.06. The molecule has 2 aromatic heterocycles. The number of benzene rings is 2. The van der Waals surface area contributed by atoms with Gasteiger partial charge in [-0.25, -0.2) is 9.97 Å². The molecule has 2 aromatic carbocycles. The van der Waals surface area contributed by atoms with E-state index in [2.05, 4.69) is 51.4 Å². The molecule has 25 heavy (non-hydrogen) atoms. The summed E-state index contributed by atoms with van der Waals surface area (Å²) in [5.41, 5.74) is 4.35. The normalized spacial score (nSPS) is 11.1. The van der Waals surface area contributed by atoms with Crippen LogP contribution in [-0.2, 0) is 13.0 Å². The third kappa shape index (κ3) is 2.96. The first-order valence-corrected chi connectivity index (χ1v) is 8.33. The molecule has 4 aromatic rings. The number of nitrogens with one attached hydrogen (secondary N) is 1. The highest BCUT2D eigenvalue weighted by Crippen LogP contribution is 2.20. The van der Waals surface area contributed by atoms with Crippen LogP contribution in [0.25, 0.3) is 22.3 Å². The van der Waals surface area contributed by atoms with E-state index < -0.39 is 0 Å². The molecule has 0 fully saturated rings. The number of nitrogens with zero attached hydrogens (tertiary/aromatic N) is 3. The summed E-state index contributed by atoms with van der Waals surface area (Å²) < 4.78 is 1.85. The maximum atomic E-state index is 12.3. The molecule has 0 aliphatic rings. The molecule has 0 spiro atoms. The van der Waals surface area contributed by atoms with Crippen molar-refractivity contribution in [1.29, 1.82) is 0 Å². The lowest BCUT2D eigenvalue weighted by molar-refractivity contribution is 0.817. The predicted molar refractivity (Wildman–Crippen MR) is 98.5 cm³/mol. The number of hydrogen-bond donors (Lipinski definition) is 1. The SMILES string of the molecule is CCc1nc2ncn(Cc3ccc(-c4ccccc4)cc3)c2c(=O)[nH]1. The first-order valence-electron chi connectivity index (χ1n) is 8.33. The third-order valence-electron chi connectivity index (χ3n) is 4.28. The summed E-state index contributed by atoms with van der Waals surface area (Å²) in [7, 11) is 0. The molecule has 0 saturated heterocycles. The van der Waals surface area contributed by atoms with Gasteiger partial charge in [0, 0.05) is 13.0 Å². The van der Waals surface area contributed by atoms with Crippen LogP contribution in [0.1, 0.15) is 18.3 Å². The molecule has 124 valence electrons. The second-order valence-corrected chi connectivity index (χ2v) is 5.97. The largest absolute Gasteiger partial charge is 0.320 e. The molecule has 0 saturated carbocycles. The van der Waals surface area contributed by atoms with E-state index in [0.29, 0.717) is 30.0 Å². The molecule has 0 atom stereocenters. The van der Waals surface area contributed by atoms with E-state index >= 15 is 0 Å². The maximum Gasteiger partial charge on any atom is 0.277 e. The highest BCUT2D eigenvalue weighted by atomic mass is 16.1. The van der Waals surface area contributed by atoms with Gasteiger partial charge < -0.3 is 9.55 Å². The van der Waals surface area contributed by atoms with Gasteiger partial charge in [0.1, 0.15) is 5.82 Å². The van der Waals surface area contributed by atoms with E-state index in [1.807, 2.05) is 29.7 Å². The number of aromatic nitrogens is 4. The van der Waals surface area contributed by atoms with Crippen LogP contribution in [0.15, 0.2) is 65.7 Å². The van der Waals surface area contributed by atoms with E-state index in [-0.39, 0.29) is 5.56 Å². The molecular weight excluding hydrogens is 312 g/mol. The van der Waals surface area contributed by atoms with Crippen molar-refractivity contribution in [1.82, 2.24) is 19.5 Å². The van der Waals surface area contributed by atoms with Crippen molar-refractivity contribution in [2.24, 2.45) is 0 Å². The number of aryl methyl sites for hydroxylation is 1. The quantitative estimate of drug-likeness (QED) is 0.624. The van der Waals surface area contributed by atoms with Crippen LogP contribution in [-0.4, -0.2) is 19.5 Å². The average molecular weight is 330 g/mol. The maximum absolute atomic E-state index is 12.3. The highest BCUT2D eigenvalue weighted by molar-refractivity contribution is 5.69. The van der Waals surface area contributed by atoms with Gasteiger partial charge in [-0.1, -0.05) is 61.5 Å². The summed E-state index contributed by atoms with van der Waals surface area (Å²) in [6.07, 6.45) is 2.36. The van der Waals surface area contributed by atoms with Gasteiger partial charge in [0.2, 0.25) is 0 Å². The molecule has 0 aliphatic heterocycles. The van der Waals surface area contributed by atoms with Crippen LogP contribution in [0, 0.1) is 0 Å². The third-order valence-corrected chi connectivity index (χ3v) is 4.28. The van der Waals surface area contributed by atoms with Gasteiger partial charge in [-0.2, -0.15) is 0 Å². The van der Waals surface area contributed by atoms with Crippen LogP contribution in [0.2, 0.25) is 0 Å². The van der Waals surface area contributed by atoms with Crippen molar-refractivity contribution in [3.63, 3.8) is 0 Å². The minimum Gasteiger partial charge on any atom is -0.320 e. The minimum atomic E-state index is -0.139. The van der Waals surface area contributed by atoms with Crippen molar-refractivity contribution >= 4 is 11.2 Å². The van der Waals surface area contributed by atoms with Gasteiger partial charge in [0.15, 0.2) is 11.2 Å². The van der Waals surface area contributed by atoms with Crippen molar-refractivity contribution in [3.05, 3.63) is 82.7 Å². The molecule has 1 N–H and O–H groups in total. The van der Waals surface area contributed by atoms with Gasteiger partial charge >= 0.3 is 0 Å². The summed E-state index contributed by atoms with van der Waals surface area (Å²) in [5.74, 6) is 0.662. The summed E-state index contributed by atoms with van der Waals surface area (Å²) in [5, 5.41) is 0. The summed E-state index contributed by atoms with van der Waals surface area (Å²) in [6.45, 7) is 2.54. The second kappa shape index (κ2) is 6.36. The summed E-state index contributed by atoms with van der Waals surface area (Å²) >= 11 is 0. The van der Waals surface area contributed by atoms with Crippen LogP contribution in [0.4, 0.5) is 0 Å². The van der Waals surface area contributed by atoms with Crippen molar-refractivity contribution in [2.75, 3.05) is 0 Å². The second-order valence-electron chi connectivity index (χ2n) is 5.97. The van der Waals surface area contributed by atoms with E-state index in [9.17, 15) is 4.79 Å². The average Bonchev–Trinajstić information content (AvgIpc) is 3.06. The fraction of sp³-hybridized carbons (Fsp3) is 0.150. The summed E-state index contributed by atoms with van der Waals surface area (Å²) in [6, 6.07) is 18.6. The lowest BCUT2D eigenvalue weighted by atomic mass is 10.0. The molecule has 0 aliphatic carbocycles. The van der Waals surface area contributed by atoms with Crippen LogP contribution < -0.4 is 5.56 Å². The van der Waals surface area contributed by atoms with Crippen LogP contribution >= 0.6 is 0 Å². The monoisotopic (exact) mass is 330 g/mol. The molecule has 0 radical (unpaired) electrons. The van der Waals surface area contributed by atoms with Gasteiger partial charge in [-0.15, -0.1) is 0 Å². The van der Waals surface area contributed by atoms with E-state index in [4.69, 9.17) is 0 Å². The molecule has 0 amide bonds. The molecule has 0 unspecified atom stereocenters. The Bertz CT molecular complexity index is 1060. The Hall–Kier alpha value is -3.21. The Morgan fingerprint density at radius 1 is 1.00 bits per heavy atom. The van der Waals surface area contributed by atoms with E-state index in [1.165, 1.54) is 11.1 Å². The van der Waals surface area contributed by atoms with Crippen molar-refractivity contribution in [3.8, 4) is 11.1 Å². The minimum absolute atomic E-state index is 0.139. The number of fused-ring (bicyclic) bond motifs is 1. The predicted octanol–water partition coefficient (Wildman–Crippen LogP) is 3.40. The Labute approximate surface area is 145 Å². The highest BCUT2D eigenvalue weighted by Gasteiger charge is 2.10. The van der Waals surface area contributed by atoms with Crippen molar-refractivity contribution < 1.29 is 0 Å². The van der Waals surface area contributed by atoms with Gasteiger partial charge in [-0.3, -0.25) is 4.79 Å². The fourth-order valence-electron chi connectivity index (χ4n) is 2.95. The number of imidazole rings is 1. The molecule has 2 heterocycles. The van der Waals surface area contributed by atoms with Crippen molar-refractivity contribution in [2.45, 2.75) is 19.9 Å². The number of aromatic amines is 1. The van der Waals surface area contributed by atoms with Crippen LogP contribution in [0.3, 0.4) is 0 Å². The number of rotatable bonds is 4. The smallest absolute Gasteiger partial charge is 0.277 e. The fourth-order valence-corrected chi connectivity index (χ4v) is 2.95. The van der Waals surface area contributed by atoms with Gasteiger partial charge in [0.05, 0.1) is 6.33 Å². The Balaban J connectivity index is 1.65. The van der Waals surface area contributed by atoms with Crippen LogP contribution in [0.5, 0.6) is 0 Å². The number of H-pyrrole nitrogens is 1. The number of hydrogen-bond acceptors (Lipinski definition) is 3. The zero-order valence-corrected chi connectivity index (χ0v) is 13.9. The first-order chi connectivity index (χ1) is 12.2. The van der Waals surface area contributed by atoms with E-state index in [1.54, 1.807) is 6.33 Å². The zero-order valence-electron chi connectivity index (χ0n) is 13.9. The molecule has 0 bridgehead atoms. The van der Waals surface area contributed by atoms with E-state index in [0.717, 1.165) is 5.56 Å². The standard InChI is InChI=1S/C20H18N4O/c1-2-17-22-19-18(20(25)23-17)24(13-21-19)12-14-8-10-16(11-9-14)15-6-4-3-5-7-15/h3-11,13H,2,12H2,1H3,(H,22,23,25). The van der Waals surface area contributed by atoms with Gasteiger partial charge in [-0.05, 0) is 16.7 Å². The lowest BCUT2D eigenvalue weighted by Crippen LogP contribution is -2.15. The summed E-state index contributed by atoms with van der Waals surface area (Å²) in [4.78, 5) is 23.8.